The second kappa shape index (κ2) is 12.2. The number of hydrogen-bond donors (Lipinski definition) is 1. The predicted octanol–water partition coefficient (Wildman–Crippen LogP) is 7.07. The average Bonchev–Trinajstić information content (AvgIpc) is 2.79. The lowest BCUT2D eigenvalue weighted by Crippen LogP contribution is -2.20. The molecule has 0 heterocycles. The molecule has 3 aromatic carbocycles. The molecule has 0 bridgehead atoms. The van der Waals surface area contributed by atoms with Gasteiger partial charge in [0.2, 0.25) is 5.91 Å². The molecule has 0 aromatic heterocycles. The Kier molecular flexibility index (Phi) is 9.35. The van der Waals surface area contributed by atoms with Crippen molar-refractivity contribution in [1.29, 1.82) is 0 Å². The lowest BCUT2D eigenvalue weighted by molar-refractivity contribution is -0.120. The number of ether oxygens (including phenoxy) is 2. The second-order valence-electron chi connectivity index (χ2n) is 9.06. The van der Waals surface area contributed by atoms with Crippen molar-refractivity contribution in [2.75, 3.05) is 6.61 Å². The molecule has 1 N–H and O–H groups in total. The van der Waals surface area contributed by atoms with Crippen LogP contribution in [-0.4, -0.2) is 18.7 Å². The smallest absolute Gasteiger partial charge is 0.244 e. The molecule has 0 atom stereocenters. The van der Waals surface area contributed by atoms with Crippen molar-refractivity contribution in [3.63, 3.8) is 0 Å². The van der Waals surface area contributed by atoms with Crippen LogP contribution in [0.4, 0.5) is 0 Å². The third-order valence-corrected chi connectivity index (χ3v) is 6.21. The van der Waals surface area contributed by atoms with Gasteiger partial charge in [-0.1, -0.05) is 74.8 Å². The van der Waals surface area contributed by atoms with Crippen molar-refractivity contribution >= 4 is 39.7 Å². The summed E-state index contributed by atoms with van der Waals surface area (Å²) in [4.78, 5) is 12.3. The minimum atomic E-state index is -0.187. The molecule has 0 saturated heterocycles. The van der Waals surface area contributed by atoms with Crippen LogP contribution in [0.1, 0.15) is 49.9 Å². The van der Waals surface area contributed by atoms with Gasteiger partial charge in [-0.15, -0.1) is 0 Å². The van der Waals surface area contributed by atoms with Crippen molar-refractivity contribution in [2.45, 2.75) is 46.1 Å². The van der Waals surface area contributed by atoms with Gasteiger partial charge >= 0.3 is 0 Å². The summed E-state index contributed by atoms with van der Waals surface area (Å²) in [5.41, 5.74) is 6.47. The van der Waals surface area contributed by atoms with E-state index in [1.54, 1.807) is 6.21 Å². The van der Waals surface area contributed by atoms with E-state index in [1.165, 1.54) is 5.56 Å². The first-order valence-electron chi connectivity index (χ1n) is 11.4. The van der Waals surface area contributed by atoms with E-state index in [-0.39, 0.29) is 17.7 Å². The van der Waals surface area contributed by atoms with Crippen LogP contribution >= 0.6 is 27.5 Å². The lowest BCUT2D eigenvalue weighted by atomic mass is 9.86. The quantitative estimate of drug-likeness (QED) is 0.226. The number of nitrogens with one attached hydrogen (secondary N) is 1. The van der Waals surface area contributed by atoms with E-state index < -0.39 is 0 Å². The van der Waals surface area contributed by atoms with E-state index in [0.717, 1.165) is 16.7 Å². The van der Waals surface area contributed by atoms with Gasteiger partial charge in [-0.05, 0) is 63.2 Å². The molecular weight excluding hydrogens is 528 g/mol. The summed E-state index contributed by atoms with van der Waals surface area (Å²) in [7, 11) is 0. The maximum atomic E-state index is 12.3. The van der Waals surface area contributed by atoms with Crippen molar-refractivity contribution in [3.05, 3.63) is 92.4 Å². The van der Waals surface area contributed by atoms with Gasteiger partial charge in [0.1, 0.15) is 6.61 Å². The number of carbonyl (C=O) groups is 1. The first-order chi connectivity index (χ1) is 16.7. The third kappa shape index (κ3) is 7.84. The van der Waals surface area contributed by atoms with Crippen LogP contribution in [0.15, 0.2) is 70.2 Å². The van der Waals surface area contributed by atoms with Crippen molar-refractivity contribution in [3.8, 4) is 11.5 Å². The SMILES string of the molecule is CCOc1cc(/C=N\NC(=O)Cc2ccc(C(C)(C)C)cc2)cc(Br)c1OCc1ccccc1Cl. The van der Waals surface area contributed by atoms with Crippen LogP contribution in [0.3, 0.4) is 0 Å². The molecule has 0 spiro atoms. The summed E-state index contributed by atoms with van der Waals surface area (Å²) in [6.45, 7) is 9.17. The highest BCUT2D eigenvalue weighted by Gasteiger charge is 2.14. The molecule has 7 heteroatoms. The molecule has 0 unspecified atom stereocenters. The number of carbonyl (C=O) groups excluding carboxylic acids is 1. The van der Waals surface area contributed by atoms with Gasteiger partial charge in [-0.2, -0.15) is 5.10 Å². The number of halogens is 2. The molecular formula is C28H30BrClN2O3. The predicted molar refractivity (Wildman–Crippen MR) is 146 cm³/mol. The Bertz CT molecular complexity index is 1190. The fourth-order valence-corrected chi connectivity index (χ4v) is 4.12. The molecule has 5 nitrogen and oxygen atoms in total. The summed E-state index contributed by atoms with van der Waals surface area (Å²) in [5, 5.41) is 4.76. The van der Waals surface area contributed by atoms with Crippen molar-refractivity contribution in [1.82, 2.24) is 5.43 Å². The normalized spacial score (nSPS) is 11.5. The van der Waals surface area contributed by atoms with Crippen LogP contribution in [-0.2, 0) is 23.2 Å². The maximum absolute atomic E-state index is 12.3. The number of nitrogens with zero attached hydrogens (tertiary/aromatic N) is 1. The lowest BCUT2D eigenvalue weighted by Gasteiger charge is -2.19. The molecule has 0 fully saturated rings. The van der Waals surface area contributed by atoms with E-state index in [2.05, 4.69) is 59.4 Å². The van der Waals surface area contributed by atoms with Crippen molar-refractivity contribution in [2.24, 2.45) is 5.10 Å². The van der Waals surface area contributed by atoms with Gasteiger partial charge in [0, 0.05) is 10.6 Å². The Morgan fingerprint density at radius 1 is 1.09 bits per heavy atom. The standard InChI is InChI=1S/C28H30BrClN2O3/c1-5-34-25-15-20(14-23(29)27(25)35-18-21-8-6-7-9-24(21)30)17-31-32-26(33)16-19-10-12-22(13-11-19)28(2,3)4/h6-15,17H,5,16,18H2,1-4H3,(H,32,33)/b31-17-. The zero-order valence-corrected chi connectivity index (χ0v) is 22.7. The summed E-state index contributed by atoms with van der Waals surface area (Å²) >= 11 is 9.80. The highest BCUT2D eigenvalue weighted by molar-refractivity contribution is 9.10. The summed E-state index contributed by atoms with van der Waals surface area (Å²) in [5.74, 6) is 0.959. The van der Waals surface area contributed by atoms with E-state index in [0.29, 0.717) is 34.2 Å². The molecule has 3 aromatic rings. The fraction of sp³-hybridized carbons (Fsp3) is 0.286. The largest absolute Gasteiger partial charge is 0.490 e. The minimum absolute atomic E-state index is 0.0783. The molecule has 0 aliphatic rings. The van der Waals surface area contributed by atoms with Crippen LogP contribution < -0.4 is 14.9 Å². The summed E-state index contributed by atoms with van der Waals surface area (Å²) in [6.07, 6.45) is 1.83. The Morgan fingerprint density at radius 2 is 1.80 bits per heavy atom. The molecule has 0 aliphatic carbocycles. The molecule has 3 rings (SSSR count). The minimum Gasteiger partial charge on any atom is -0.490 e. The van der Waals surface area contributed by atoms with Gasteiger partial charge < -0.3 is 9.47 Å². The Hall–Kier alpha value is -2.83. The summed E-state index contributed by atoms with van der Waals surface area (Å²) in [6, 6.07) is 19.3. The molecule has 184 valence electrons. The number of benzene rings is 3. The van der Waals surface area contributed by atoms with Gasteiger partial charge in [0.15, 0.2) is 11.5 Å². The van der Waals surface area contributed by atoms with Gasteiger partial charge in [0.05, 0.1) is 23.7 Å². The molecule has 1 amide bonds. The number of hydrogen-bond acceptors (Lipinski definition) is 4. The fourth-order valence-electron chi connectivity index (χ4n) is 3.36. The highest BCUT2D eigenvalue weighted by Crippen LogP contribution is 2.37. The zero-order chi connectivity index (χ0) is 25.4. The monoisotopic (exact) mass is 556 g/mol. The molecule has 0 aliphatic heterocycles. The van der Waals surface area contributed by atoms with E-state index in [1.807, 2.05) is 55.5 Å². The highest BCUT2D eigenvalue weighted by atomic mass is 79.9. The number of rotatable bonds is 9. The van der Waals surface area contributed by atoms with Gasteiger partial charge in [-0.25, -0.2) is 5.43 Å². The second-order valence-corrected chi connectivity index (χ2v) is 10.3. The van der Waals surface area contributed by atoms with E-state index in [9.17, 15) is 4.79 Å². The van der Waals surface area contributed by atoms with Gasteiger partial charge in [-0.3, -0.25) is 4.79 Å². The number of amides is 1. The zero-order valence-electron chi connectivity index (χ0n) is 20.4. The van der Waals surface area contributed by atoms with E-state index >= 15 is 0 Å². The topological polar surface area (TPSA) is 59.9 Å². The number of hydrazone groups is 1. The Balaban J connectivity index is 1.64. The molecule has 35 heavy (non-hydrogen) atoms. The molecule has 0 radical (unpaired) electrons. The van der Waals surface area contributed by atoms with E-state index in [4.69, 9.17) is 21.1 Å². The Morgan fingerprint density at radius 3 is 2.46 bits per heavy atom. The van der Waals surface area contributed by atoms with Crippen LogP contribution in [0.5, 0.6) is 11.5 Å². The van der Waals surface area contributed by atoms with Crippen molar-refractivity contribution < 1.29 is 14.3 Å². The molecule has 0 saturated carbocycles. The van der Waals surface area contributed by atoms with Gasteiger partial charge in [0.25, 0.3) is 0 Å². The first kappa shape index (κ1) is 26.8. The third-order valence-electron chi connectivity index (χ3n) is 5.25. The van der Waals surface area contributed by atoms with Crippen LogP contribution in [0, 0.1) is 0 Å². The maximum Gasteiger partial charge on any atom is 0.244 e. The first-order valence-corrected chi connectivity index (χ1v) is 12.6. The van der Waals surface area contributed by atoms with Crippen LogP contribution in [0.25, 0.3) is 0 Å². The van der Waals surface area contributed by atoms with Crippen LogP contribution in [0.2, 0.25) is 5.02 Å². The summed E-state index contributed by atoms with van der Waals surface area (Å²) < 4.78 is 12.5. The Labute approximate surface area is 220 Å². The average molecular weight is 558 g/mol.